The standard InChI is InChI=1S/C8H6N4O2S/c1-2-6-7(14-4-13-6)3-5(1)9-8-10-11-12-15-8/h1-3H,4H2,(H,9,10,12). The molecule has 76 valence electrons. The Balaban J connectivity index is 1.87. The highest BCUT2D eigenvalue weighted by Gasteiger charge is 2.13. The van der Waals surface area contributed by atoms with Crippen LogP contribution in [0.25, 0.3) is 0 Å². The molecule has 6 nitrogen and oxygen atoms in total. The van der Waals surface area contributed by atoms with Crippen molar-refractivity contribution in [3.8, 4) is 11.5 Å². The van der Waals surface area contributed by atoms with Gasteiger partial charge in [0.25, 0.3) is 0 Å². The third kappa shape index (κ3) is 1.57. The zero-order valence-corrected chi connectivity index (χ0v) is 8.32. The van der Waals surface area contributed by atoms with Crippen molar-refractivity contribution in [1.29, 1.82) is 0 Å². The number of nitrogens with zero attached hydrogens (tertiary/aromatic N) is 3. The Morgan fingerprint density at radius 1 is 1.27 bits per heavy atom. The quantitative estimate of drug-likeness (QED) is 0.828. The fourth-order valence-electron chi connectivity index (χ4n) is 1.28. The predicted octanol–water partition coefficient (Wildman–Crippen LogP) is 1.41. The molecular weight excluding hydrogens is 216 g/mol. The van der Waals surface area contributed by atoms with E-state index in [4.69, 9.17) is 9.47 Å². The molecule has 0 saturated carbocycles. The number of anilines is 2. The minimum absolute atomic E-state index is 0.277. The van der Waals surface area contributed by atoms with Crippen LogP contribution < -0.4 is 14.8 Å². The number of aromatic nitrogens is 3. The molecule has 7 heteroatoms. The molecule has 2 aromatic rings. The van der Waals surface area contributed by atoms with Crippen LogP contribution in [-0.4, -0.2) is 21.6 Å². The Bertz CT molecular complexity index is 473. The van der Waals surface area contributed by atoms with E-state index in [1.54, 1.807) is 0 Å². The zero-order chi connectivity index (χ0) is 10.1. The summed E-state index contributed by atoms with van der Waals surface area (Å²) in [5.41, 5.74) is 0.873. The second kappa shape index (κ2) is 3.35. The van der Waals surface area contributed by atoms with Gasteiger partial charge in [0.2, 0.25) is 11.9 Å². The molecule has 1 aromatic carbocycles. The molecule has 0 amide bonds. The number of rotatable bonds is 2. The van der Waals surface area contributed by atoms with Crippen molar-refractivity contribution in [2.75, 3.05) is 12.1 Å². The molecule has 0 atom stereocenters. The van der Waals surface area contributed by atoms with E-state index in [1.165, 1.54) is 11.5 Å². The van der Waals surface area contributed by atoms with E-state index >= 15 is 0 Å². The first-order chi connectivity index (χ1) is 7.42. The Labute approximate surface area is 89.0 Å². The van der Waals surface area contributed by atoms with Crippen molar-refractivity contribution in [1.82, 2.24) is 14.8 Å². The molecular formula is C8H6N4O2S. The molecule has 2 heterocycles. The van der Waals surface area contributed by atoms with Gasteiger partial charge in [-0.2, -0.15) is 0 Å². The van der Waals surface area contributed by atoms with Crippen LogP contribution >= 0.6 is 11.5 Å². The first kappa shape index (κ1) is 8.42. The summed E-state index contributed by atoms with van der Waals surface area (Å²) in [5.74, 6) is 1.49. The van der Waals surface area contributed by atoms with Crippen LogP contribution in [0.15, 0.2) is 18.2 Å². The topological polar surface area (TPSA) is 69.2 Å². The lowest BCUT2D eigenvalue weighted by Crippen LogP contribution is -1.93. The van der Waals surface area contributed by atoms with E-state index in [-0.39, 0.29) is 6.79 Å². The summed E-state index contributed by atoms with van der Waals surface area (Å²) in [6.45, 7) is 0.277. The van der Waals surface area contributed by atoms with Crippen LogP contribution in [0.3, 0.4) is 0 Å². The van der Waals surface area contributed by atoms with E-state index in [0.29, 0.717) is 5.13 Å². The van der Waals surface area contributed by atoms with E-state index < -0.39 is 0 Å². The van der Waals surface area contributed by atoms with Crippen LogP contribution in [0.1, 0.15) is 0 Å². The first-order valence-corrected chi connectivity index (χ1v) is 5.01. The highest BCUT2D eigenvalue weighted by atomic mass is 32.1. The van der Waals surface area contributed by atoms with Crippen molar-refractivity contribution in [3.63, 3.8) is 0 Å². The maximum atomic E-state index is 5.25. The Morgan fingerprint density at radius 2 is 2.20 bits per heavy atom. The lowest BCUT2D eigenvalue weighted by atomic mass is 10.3. The molecule has 0 bridgehead atoms. The van der Waals surface area contributed by atoms with Crippen molar-refractivity contribution < 1.29 is 9.47 Å². The summed E-state index contributed by atoms with van der Waals surface area (Å²) in [5, 5.41) is 11.0. The lowest BCUT2D eigenvalue weighted by molar-refractivity contribution is 0.174. The maximum Gasteiger partial charge on any atom is 0.231 e. The second-order valence-electron chi connectivity index (χ2n) is 2.86. The molecule has 0 saturated heterocycles. The van der Waals surface area contributed by atoms with E-state index in [1.807, 2.05) is 18.2 Å². The van der Waals surface area contributed by atoms with Gasteiger partial charge >= 0.3 is 0 Å². The average Bonchev–Trinajstić information content (AvgIpc) is 2.87. The van der Waals surface area contributed by atoms with Crippen molar-refractivity contribution in [2.45, 2.75) is 0 Å². The maximum absolute atomic E-state index is 5.25. The van der Waals surface area contributed by atoms with Gasteiger partial charge in [-0.3, -0.25) is 0 Å². The van der Waals surface area contributed by atoms with Gasteiger partial charge in [0.15, 0.2) is 11.5 Å². The Kier molecular flexibility index (Phi) is 1.88. The van der Waals surface area contributed by atoms with Gasteiger partial charge in [0.05, 0.1) is 0 Å². The summed E-state index contributed by atoms with van der Waals surface area (Å²) >= 11 is 1.20. The Hall–Kier alpha value is -1.89. The van der Waals surface area contributed by atoms with E-state index in [2.05, 4.69) is 20.1 Å². The molecule has 0 fully saturated rings. The molecule has 0 radical (unpaired) electrons. The smallest absolute Gasteiger partial charge is 0.231 e. The summed E-state index contributed by atoms with van der Waals surface area (Å²) in [6.07, 6.45) is 0. The summed E-state index contributed by atoms with van der Waals surface area (Å²) in [7, 11) is 0. The van der Waals surface area contributed by atoms with Crippen LogP contribution in [0.2, 0.25) is 0 Å². The first-order valence-electron chi connectivity index (χ1n) is 4.23. The molecule has 1 aliphatic heterocycles. The molecule has 1 aromatic heterocycles. The number of hydrogen-bond donors (Lipinski definition) is 1. The van der Waals surface area contributed by atoms with Crippen LogP contribution in [0, 0.1) is 0 Å². The molecule has 1 N–H and O–H groups in total. The van der Waals surface area contributed by atoms with Crippen LogP contribution in [0.5, 0.6) is 11.5 Å². The summed E-state index contributed by atoms with van der Waals surface area (Å²) in [6, 6.07) is 5.58. The molecule has 1 aliphatic rings. The minimum atomic E-state index is 0.277. The van der Waals surface area contributed by atoms with Gasteiger partial charge in [-0.25, -0.2) is 0 Å². The summed E-state index contributed by atoms with van der Waals surface area (Å²) in [4.78, 5) is 0. The number of nitrogens with one attached hydrogen (secondary N) is 1. The molecule has 15 heavy (non-hydrogen) atoms. The summed E-state index contributed by atoms with van der Waals surface area (Å²) < 4.78 is 14.1. The van der Waals surface area contributed by atoms with E-state index in [9.17, 15) is 0 Å². The highest BCUT2D eigenvalue weighted by molar-refractivity contribution is 7.09. The minimum Gasteiger partial charge on any atom is -0.454 e. The number of benzene rings is 1. The molecule has 0 aliphatic carbocycles. The number of fused-ring (bicyclic) bond motifs is 1. The van der Waals surface area contributed by atoms with Gasteiger partial charge in [-0.15, -0.1) is 0 Å². The van der Waals surface area contributed by atoms with Crippen molar-refractivity contribution >= 4 is 22.4 Å². The van der Waals surface area contributed by atoms with E-state index in [0.717, 1.165) is 17.2 Å². The van der Waals surface area contributed by atoms with Gasteiger partial charge in [-0.05, 0) is 17.3 Å². The van der Waals surface area contributed by atoms with Gasteiger partial charge in [0.1, 0.15) is 0 Å². The molecule has 0 unspecified atom stereocenters. The highest BCUT2D eigenvalue weighted by Crippen LogP contribution is 2.34. The van der Waals surface area contributed by atoms with Gasteiger partial charge < -0.3 is 14.8 Å². The normalized spacial score (nSPS) is 12.8. The number of ether oxygens (including phenoxy) is 2. The number of hydrogen-bond acceptors (Lipinski definition) is 7. The third-order valence-electron chi connectivity index (χ3n) is 1.92. The van der Waals surface area contributed by atoms with Crippen molar-refractivity contribution in [2.24, 2.45) is 0 Å². The fourth-order valence-corrected chi connectivity index (χ4v) is 1.67. The zero-order valence-electron chi connectivity index (χ0n) is 7.51. The molecule has 3 rings (SSSR count). The molecule has 0 spiro atoms. The second-order valence-corrected chi connectivity index (χ2v) is 3.59. The fraction of sp³-hybridized carbons (Fsp3) is 0.125. The van der Waals surface area contributed by atoms with Gasteiger partial charge in [-0.1, -0.05) is 9.59 Å². The SMILES string of the molecule is c1cc2c(cc1Nc1nnns1)OCO2. The third-order valence-corrected chi connectivity index (χ3v) is 2.43. The monoisotopic (exact) mass is 222 g/mol. The Morgan fingerprint density at radius 3 is 3.07 bits per heavy atom. The van der Waals surface area contributed by atoms with Crippen molar-refractivity contribution in [3.05, 3.63) is 18.2 Å². The largest absolute Gasteiger partial charge is 0.454 e. The predicted molar refractivity (Wildman–Crippen MR) is 53.6 cm³/mol. The van der Waals surface area contributed by atoms with Gasteiger partial charge in [0, 0.05) is 23.3 Å². The lowest BCUT2D eigenvalue weighted by Gasteiger charge is -2.02. The van der Waals surface area contributed by atoms with Crippen LogP contribution in [0.4, 0.5) is 10.8 Å². The average molecular weight is 222 g/mol. The van der Waals surface area contributed by atoms with Crippen LogP contribution in [-0.2, 0) is 0 Å².